The number of amides is 1. The summed E-state index contributed by atoms with van der Waals surface area (Å²) >= 11 is 3.19. The molecule has 0 aromatic carbocycles. The predicted molar refractivity (Wildman–Crippen MR) is 46.3 cm³/mol. The van der Waals surface area contributed by atoms with E-state index in [0.717, 1.165) is 6.42 Å². The van der Waals surface area contributed by atoms with Gasteiger partial charge in [0.1, 0.15) is 0 Å². The lowest BCUT2D eigenvalue weighted by Crippen LogP contribution is -2.36. The van der Waals surface area contributed by atoms with Crippen molar-refractivity contribution in [2.45, 2.75) is 38.1 Å². The topological polar surface area (TPSA) is 29.1 Å². The highest BCUT2D eigenvalue weighted by Crippen LogP contribution is 1.98. The Kier molecular flexibility index (Phi) is 4.69. The lowest BCUT2D eigenvalue weighted by atomic mass is 10.2. The lowest BCUT2D eigenvalue weighted by Gasteiger charge is -2.11. The highest BCUT2D eigenvalue weighted by atomic mass is 79.9. The highest BCUT2D eigenvalue weighted by molar-refractivity contribution is 9.10. The summed E-state index contributed by atoms with van der Waals surface area (Å²) in [5, 5.41) is 2.84. The maximum atomic E-state index is 11.0. The van der Waals surface area contributed by atoms with Crippen molar-refractivity contribution >= 4 is 21.8 Å². The van der Waals surface area contributed by atoms with Crippen molar-refractivity contribution in [1.82, 2.24) is 5.32 Å². The molecule has 0 unspecified atom stereocenters. The Morgan fingerprint density at radius 3 is 2.40 bits per heavy atom. The largest absolute Gasteiger partial charge is 0.353 e. The van der Waals surface area contributed by atoms with Gasteiger partial charge in [0.25, 0.3) is 0 Å². The number of rotatable bonds is 3. The van der Waals surface area contributed by atoms with Gasteiger partial charge >= 0.3 is 0 Å². The molecule has 0 radical (unpaired) electrons. The molecule has 0 fully saturated rings. The first-order valence-corrected chi connectivity index (χ1v) is 4.44. The Balaban J connectivity index is 3.57. The van der Waals surface area contributed by atoms with E-state index in [-0.39, 0.29) is 16.8 Å². The summed E-state index contributed by atoms with van der Waals surface area (Å²) in [4.78, 5) is 10.9. The van der Waals surface area contributed by atoms with Crippen LogP contribution in [0.4, 0.5) is 0 Å². The molecule has 0 heterocycles. The quantitative estimate of drug-likeness (QED) is 0.702. The summed E-state index contributed by atoms with van der Waals surface area (Å²) < 4.78 is 0. The van der Waals surface area contributed by atoms with Gasteiger partial charge in [0, 0.05) is 6.04 Å². The molecule has 0 rings (SSSR count). The minimum absolute atomic E-state index is 0.0642. The van der Waals surface area contributed by atoms with E-state index < -0.39 is 0 Å². The van der Waals surface area contributed by atoms with Crippen LogP contribution in [0.25, 0.3) is 0 Å². The summed E-state index contributed by atoms with van der Waals surface area (Å²) in [5.41, 5.74) is 0. The monoisotopic (exact) mass is 207 g/mol. The molecule has 1 N–H and O–H groups in total. The van der Waals surface area contributed by atoms with Crippen LogP contribution in [0, 0.1) is 0 Å². The lowest BCUT2D eigenvalue weighted by molar-refractivity contribution is -0.120. The maximum absolute atomic E-state index is 11.0. The van der Waals surface area contributed by atoms with Crippen molar-refractivity contribution in [3.63, 3.8) is 0 Å². The first-order valence-electron chi connectivity index (χ1n) is 3.52. The number of halogens is 1. The van der Waals surface area contributed by atoms with Crippen LogP contribution in [-0.2, 0) is 4.79 Å². The molecule has 0 bridgehead atoms. The molecular weight excluding hydrogens is 194 g/mol. The average Bonchev–Trinajstić information content (AvgIpc) is 1.87. The smallest absolute Gasteiger partial charge is 0.233 e. The van der Waals surface area contributed by atoms with E-state index in [1.165, 1.54) is 0 Å². The van der Waals surface area contributed by atoms with E-state index in [1.54, 1.807) is 0 Å². The number of hydrogen-bond acceptors (Lipinski definition) is 1. The Labute approximate surface area is 70.5 Å². The third kappa shape index (κ3) is 3.88. The second-order valence-electron chi connectivity index (χ2n) is 2.43. The standard InChI is InChI=1S/C7H14BrNO/c1-4-5(2)9-7(10)6(3)8/h5-6H,4H2,1-3H3,(H,9,10)/t5-,6-/m0/s1. The Morgan fingerprint density at radius 1 is 1.60 bits per heavy atom. The molecule has 1 amide bonds. The van der Waals surface area contributed by atoms with Crippen molar-refractivity contribution in [3.8, 4) is 0 Å². The molecule has 0 spiro atoms. The van der Waals surface area contributed by atoms with Gasteiger partial charge in [0.05, 0.1) is 4.83 Å². The minimum atomic E-state index is -0.0819. The summed E-state index contributed by atoms with van der Waals surface area (Å²) in [7, 11) is 0. The molecule has 10 heavy (non-hydrogen) atoms. The van der Waals surface area contributed by atoms with Crippen LogP contribution in [0.15, 0.2) is 0 Å². The number of carbonyl (C=O) groups excluding carboxylic acids is 1. The van der Waals surface area contributed by atoms with E-state index in [4.69, 9.17) is 0 Å². The van der Waals surface area contributed by atoms with Crippen LogP contribution in [0.3, 0.4) is 0 Å². The zero-order valence-corrected chi connectivity index (χ0v) is 8.23. The first kappa shape index (κ1) is 9.95. The normalized spacial score (nSPS) is 16.0. The molecule has 0 aromatic rings. The molecule has 0 saturated carbocycles. The molecule has 2 atom stereocenters. The molecule has 0 saturated heterocycles. The molecular formula is C7H14BrNO. The second-order valence-corrected chi connectivity index (χ2v) is 3.81. The molecule has 3 heteroatoms. The summed E-state index contributed by atoms with van der Waals surface area (Å²) in [6.07, 6.45) is 0.978. The molecule has 60 valence electrons. The fraction of sp³-hybridized carbons (Fsp3) is 0.857. The fourth-order valence-corrected chi connectivity index (χ4v) is 0.592. The van der Waals surface area contributed by atoms with Gasteiger partial charge < -0.3 is 5.32 Å². The van der Waals surface area contributed by atoms with Crippen molar-refractivity contribution in [1.29, 1.82) is 0 Å². The SMILES string of the molecule is CC[C@H](C)NC(=O)[C@H](C)Br. The second kappa shape index (κ2) is 4.72. The summed E-state index contributed by atoms with van der Waals surface area (Å²) in [6, 6.07) is 0.285. The molecule has 2 nitrogen and oxygen atoms in total. The Morgan fingerprint density at radius 2 is 2.10 bits per heavy atom. The fourth-order valence-electron chi connectivity index (χ4n) is 0.460. The third-order valence-corrected chi connectivity index (χ3v) is 1.78. The first-order chi connectivity index (χ1) is 4.57. The number of carbonyl (C=O) groups is 1. The molecule has 0 aliphatic heterocycles. The van der Waals surface area contributed by atoms with Gasteiger partial charge in [0.2, 0.25) is 5.91 Å². The maximum Gasteiger partial charge on any atom is 0.233 e. The van der Waals surface area contributed by atoms with Crippen LogP contribution in [0.2, 0.25) is 0 Å². The van der Waals surface area contributed by atoms with Crippen molar-refractivity contribution < 1.29 is 4.79 Å². The molecule has 0 aromatic heterocycles. The number of alkyl halides is 1. The van der Waals surface area contributed by atoms with Gasteiger partial charge in [-0.2, -0.15) is 0 Å². The van der Waals surface area contributed by atoms with Crippen LogP contribution < -0.4 is 5.32 Å². The Bertz CT molecular complexity index is 114. The predicted octanol–water partition coefficient (Wildman–Crippen LogP) is 1.68. The number of nitrogens with one attached hydrogen (secondary N) is 1. The average molecular weight is 208 g/mol. The van der Waals surface area contributed by atoms with Gasteiger partial charge in [-0.15, -0.1) is 0 Å². The summed E-state index contributed by atoms with van der Waals surface area (Å²) in [5.74, 6) is 0.0642. The molecule has 0 aliphatic rings. The van der Waals surface area contributed by atoms with Crippen LogP contribution in [-0.4, -0.2) is 16.8 Å². The highest BCUT2D eigenvalue weighted by Gasteiger charge is 2.09. The zero-order valence-electron chi connectivity index (χ0n) is 6.65. The van der Waals surface area contributed by atoms with Crippen LogP contribution in [0.5, 0.6) is 0 Å². The van der Waals surface area contributed by atoms with Crippen molar-refractivity contribution in [2.75, 3.05) is 0 Å². The zero-order chi connectivity index (χ0) is 8.15. The van der Waals surface area contributed by atoms with Gasteiger partial charge in [0.15, 0.2) is 0 Å². The molecule has 0 aliphatic carbocycles. The van der Waals surface area contributed by atoms with Crippen LogP contribution >= 0.6 is 15.9 Å². The summed E-state index contributed by atoms with van der Waals surface area (Å²) in [6.45, 7) is 5.86. The van der Waals surface area contributed by atoms with E-state index in [2.05, 4.69) is 21.2 Å². The Hall–Kier alpha value is -0.0500. The van der Waals surface area contributed by atoms with E-state index in [1.807, 2.05) is 20.8 Å². The van der Waals surface area contributed by atoms with Gasteiger partial charge in [-0.25, -0.2) is 0 Å². The van der Waals surface area contributed by atoms with Crippen LogP contribution in [0.1, 0.15) is 27.2 Å². The van der Waals surface area contributed by atoms with Gasteiger partial charge in [-0.05, 0) is 20.3 Å². The van der Waals surface area contributed by atoms with Crippen molar-refractivity contribution in [2.24, 2.45) is 0 Å². The minimum Gasteiger partial charge on any atom is -0.353 e. The van der Waals surface area contributed by atoms with E-state index in [0.29, 0.717) is 0 Å². The van der Waals surface area contributed by atoms with E-state index in [9.17, 15) is 4.79 Å². The van der Waals surface area contributed by atoms with Crippen molar-refractivity contribution in [3.05, 3.63) is 0 Å². The third-order valence-electron chi connectivity index (χ3n) is 1.36. The van der Waals surface area contributed by atoms with E-state index >= 15 is 0 Å². The van der Waals surface area contributed by atoms with Gasteiger partial charge in [-0.3, -0.25) is 4.79 Å². The number of hydrogen-bond donors (Lipinski definition) is 1. The van der Waals surface area contributed by atoms with Gasteiger partial charge in [-0.1, -0.05) is 22.9 Å².